The van der Waals surface area contributed by atoms with Crippen LogP contribution in [0.2, 0.25) is 0 Å². The Hall–Kier alpha value is -0.610. The van der Waals surface area contributed by atoms with Gasteiger partial charge in [-0.15, -0.1) is 0 Å². The van der Waals surface area contributed by atoms with Crippen LogP contribution in [0, 0.1) is 5.92 Å². The van der Waals surface area contributed by atoms with Crippen molar-refractivity contribution in [2.75, 3.05) is 20.1 Å². The molecule has 3 N–H and O–H groups in total. The first-order valence-electron chi connectivity index (χ1n) is 3.75. The van der Waals surface area contributed by atoms with Crippen LogP contribution in [0.4, 0.5) is 0 Å². The van der Waals surface area contributed by atoms with Crippen molar-refractivity contribution in [1.29, 1.82) is 0 Å². The predicted octanol–water partition coefficient (Wildman–Crippen LogP) is -0.650. The van der Waals surface area contributed by atoms with Crippen molar-refractivity contribution in [2.45, 2.75) is 12.5 Å². The lowest BCUT2D eigenvalue weighted by molar-refractivity contribution is -0.138. The molecular weight excluding hydrogens is 144 g/mol. The Kier molecular flexibility index (Phi) is 2.46. The predicted molar refractivity (Wildman–Crippen MR) is 41.2 cm³/mol. The zero-order chi connectivity index (χ0) is 8.43. The van der Waals surface area contributed by atoms with E-state index < -0.39 is 5.97 Å². The molecule has 0 aliphatic carbocycles. The number of aliphatic carboxylic acids is 1. The van der Waals surface area contributed by atoms with E-state index in [1.807, 2.05) is 7.05 Å². The van der Waals surface area contributed by atoms with Crippen LogP contribution in [0.25, 0.3) is 0 Å². The average Bonchev–Trinajstić information content (AvgIpc) is 2.09. The first kappa shape index (κ1) is 8.49. The van der Waals surface area contributed by atoms with Crippen LogP contribution in [0.5, 0.6) is 0 Å². The largest absolute Gasteiger partial charge is 0.481 e. The number of rotatable bonds is 2. The van der Waals surface area contributed by atoms with E-state index in [0.29, 0.717) is 0 Å². The summed E-state index contributed by atoms with van der Waals surface area (Å²) in [4.78, 5) is 12.4. The van der Waals surface area contributed by atoms with Crippen molar-refractivity contribution >= 4 is 5.97 Å². The first-order chi connectivity index (χ1) is 5.09. The van der Waals surface area contributed by atoms with Crippen molar-refractivity contribution in [1.82, 2.24) is 4.90 Å². The molecule has 0 radical (unpaired) electrons. The van der Waals surface area contributed by atoms with E-state index in [1.165, 1.54) is 0 Å². The lowest BCUT2D eigenvalue weighted by Gasteiger charge is -2.09. The Balaban J connectivity index is 2.40. The number of likely N-dealkylation sites (tertiary alicyclic amines) is 1. The fourth-order valence-electron chi connectivity index (χ4n) is 1.56. The quantitative estimate of drug-likeness (QED) is 0.560. The fourth-order valence-corrected chi connectivity index (χ4v) is 1.56. The van der Waals surface area contributed by atoms with Gasteiger partial charge in [-0.3, -0.25) is 4.79 Å². The van der Waals surface area contributed by atoms with Crippen LogP contribution in [0.15, 0.2) is 0 Å². The molecule has 4 heteroatoms. The standard InChI is InChI=1S/C7H14N2O2/c1-9-3-5(2-7(10)11)6(8)4-9/h5-6H,2-4,8H2,1H3,(H,10,11)/t5-,6-/m0/s1. The second-order valence-electron chi connectivity index (χ2n) is 3.24. The summed E-state index contributed by atoms with van der Waals surface area (Å²) in [5, 5.41) is 8.50. The van der Waals surface area contributed by atoms with Crippen molar-refractivity contribution in [2.24, 2.45) is 11.7 Å². The Morgan fingerprint density at radius 3 is 2.73 bits per heavy atom. The number of likely N-dealkylation sites (N-methyl/N-ethyl adjacent to an activating group) is 1. The van der Waals surface area contributed by atoms with E-state index >= 15 is 0 Å². The molecule has 2 atom stereocenters. The molecule has 1 aliphatic rings. The van der Waals surface area contributed by atoms with Gasteiger partial charge in [-0.25, -0.2) is 0 Å². The third kappa shape index (κ3) is 2.17. The summed E-state index contributed by atoms with van der Waals surface area (Å²) < 4.78 is 0. The van der Waals surface area contributed by atoms with Crippen LogP contribution in [0.3, 0.4) is 0 Å². The zero-order valence-electron chi connectivity index (χ0n) is 6.66. The lowest BCUT2D eigenvalue weighted by Crippen LogP contribution is -2.30. The lowest BCUT2D eigenvalue weighted by atomic mass is 10.0. The molecule has 64 valence electrons. The second-order valence-corrected chi connectivity index (χ2v) is 3.24. The third-order valence-electron chi connectivity index (χ3n) is 2.11. The van der Waals surface area contributed by atoms with Crippen LogP contribution in [-0.2, 0) is 4.79 Å². The van der Waals surface area contributed by atoms with E-state index in [9.17, 15) is 4.79 Å². The van der Waals surface area contributed by atoms with Gasteiger partial charge in [-0.2, -0.15) is 0 Å². The third-order valence-corrected chi connectivity index (χ3v) is 2.11. The molecule has 1 fully saturated rings. The number of carbonyl (C=O) groups is 1. The monoisotopic (exact) mass is 158 g/mol. The summed E-state index contributed by atoms with van der Waals surface area (Å²) in [7, 11) is 1.96. The van der Waals surface area contributed by atoms with Gasteiger partial charge < -0.3 is 15.7 Å². The first-order valence-corrected chi connectivity index (χ1v) is 3.75. The van der Waals surface area contributed by atoms with Gasteiger partial charge >= 0.3 is 5.97 Å². The molecular formula is C7H14N2O2. The summed E-state index contributed by atoms with van der Waals surface area (Å²) in [5.41, 5.74) is 5.71. The minimum Gasteiger partial charge on any atom is -0.481 e. The highest BCUT2D eigenvalue weighted by molar-refractivity contribution is 5.67. The molecule has 1 heterocycles. The van der Waals surface area contributed by atoms with Crippen molar-refractivity contribution < 1.29 is 9.90 Å². The van der Waals surface area contributed by atoms with Crippen LogP contribution < -0.4 is 5.73 Å². The number of carboxylic acid groups (broad SMARTS) is 1. The van der Waals surface area contributed by atoms with E-state index in [4.69, 9.17) is 10.8 Å². The number of carboxylic acids is 1. The van der Waals surface area contributed by atoms with Gasteiger partial charge in [-0.1, -0.05) is 0 Å². The second kappa shape index (κ2) is 3.19. The molecule has 0 bridgehead atoms. The molecule has 0 amide bonds. The van der Waals surface area contributed by atoms with Gasteiger partial charge in [-0.05, 0) is 13.0 Å². The van der Waals surface area contributed by atoms with Gasteiger partial charge in [0.2, 0.25) is 0 Å². The number of nitrogens with zero attached hydrogens (tertiary/aromatic N) is 1. The number of hydrogen-bond donors (Lipinski definition) is 2. The van der Waals surface area contributed by atoms with E-state index in [0.717, 1.165) is 13.1 Å². The molecule has 11 heavy (non-hydrogen) atoms. The molecule has 0 unspecified atom stereocenters. The molecule has 0 aromatic rings. The maximum atomic E-state index is 10.3. The molecule has 1 aliphatic heterocycles. The Bertz CT molecular complexity index is 161. The van der Waals surface area contributed by atoms with Gasteiger partial charge in [0, 0.05) is 19.1 Å². The van der Waals surface area contributed by atoms with E-state index in [1.54, 1.807) is 0 Å². The minimum absolute atomic E-state index is 0.0381. The van der Waals surface area contributed by atoms with Gasteiger partial charge in [0.15, 0.2) is 0 Å². The van der Waals surface area contributed by atoms with Gasteiger partial charge in [0.05, 0.1) is 6.42 Å². The molecule has 0 aromatic heterocycles. The molecule has 4 nitrogen and oxygen atoms in total. The van der Waals surface area contributed by atoms with E-state index in [2.05, 4.69) is 4.90 Å². The highest BCUT2D eigenvalue weighted by atomic mass is 16.4. The Labute approximate surface area is 66.0 Å². The van der Waals surface area contributed by atoms with Crippen LogP contribution in [-0.4, -0.2) is 42.2 Å². The highest BCUT2D eigenvalue weighted by Crippen LogP contribution is 2.16. The molecule has 1 saturated heterocycles. The summed E-state index contributed by atoms with van der Waals surface area (Å²) >= 11 is 0. The molecule has 1 rings (SSSR count). The summed E-state index contributed by atoms with van der Waals surface area (Å²) in [6.07, 6.45) is 0.200. The number of hydrogen-bond acceptors (Lipinski definition) is 3. The maximum absolute atomic E-state index is 10.3. The topological polar surface area (TPSA) is 66.6 Å². The SMILES string of the molecule is CN1C[C@H](CC(=O)O)[C@@H](N)C1. The maximum Gasteiger partial charge on any atom is 0.303 e. The van der Waals surface area contributed by atoms with Crippen molar-refractivity contribution in [3.8, 4) is 0 Å². The van der Waals surface area contributed by atoms with E-state index in [-0.39, 0.29) is 18.4 Å². The summed E-state index contributed by atoms with van der Waals surface area (Å²) in [6.45, 7) is 1.63. The zero-order valence-corrected chi connectivity index (χ0v) is 6.66. The van der Waals surface area contributed by atoms with Crippen molar-refractivity contribution in [3.63, 3.8) is 0 Å². The van der Waals surface area contributed by atoms with Crippen molar-refractivity contribution in [3.05, 3.63) is 0 Å². The van der Waals surface area contributed by atoms with Gasteiger partial charge in [0.1, 0.15) is 0 Å². The van der Waals surface area contributed by atoms with Crippen LogP contribution in [0.1, 0.15) is 6.42 Å². The fraction of sp³-hybridized carbons (Fsp3) is 0.857. The summed E-state index contributed by atoms with van der Waals surface area (Å²) in [6, 6.07) is 0.0381. The average molecular weight is 158 g/mol. The summed E-state index contributed by atoms with van der Waals surface area (Å²) in [5.74, 6) is -0.613. The van der Waals surface area contributed by atoms with Gasteiger partial charge in [0.25, 0.3) is 0 Å². The minimum atomic E-state index is -0.749. The highest BCUT2D eigenvalue weighted by Gasteiger charge is 2.29. The normalized spacial score (nSPS) is 32.5. The molecule has 0 spiro atoms. The smallest absolute Gasteiger partial charge is 0.303 e. The molecule has 0 saturated carbocycles. The number of nitrogens with two attached hydrogens (primary N) is 1. The molecule has 0 aromatic carbocycles. The van der Waals surface area contributed by atoms with Crippen LogP contribution >= 0.6 is 0 Å². The Morgan fingerprint density at radius 1 is 1.73 bits per heavy atom. The Morgan fingerprint density at radius 2 is 2.36 bits per heavy atom.